The summed E-state index contributed by atoms with van der Waals surface area (Å²) >= 11 is 0. The van der Waals surface area contributed by atoms with Crippen LogP contribution in [0.4, 0.5) is 13.2 Å². The highest BCUT2D eigenvalue weighted by Gasteiger charge is 2.47. The number of nitrogens with zero attached hydrogens (tertiary/aromatic N) is 1. The lowest BCUT2D eigenvalue weighted by atomic mass is 9.93. The molecule has 10 heteroatoms. The Kier molecular flexibility index (Phi) is 4.41. The highest BCUT2D eigenvalue weighted by atomic mass is 19.4. The number of hydrogen-bond acceptors (Lipinski definition) is 5. The van der Waals surface area contributed by atoms with Gasteiger partial charge < -0.3 is 14.5 Å². The molecule has 1 N–H and O–H groups in total. The van der Waals surface area contributed by atoms with Gasteiger partial charge in [0.25, 0.3) is 0 Å². The second kappa shape index (κ2) is 6.02. The summed E-state index contributed by atoms with van der Waals surface area (Å²) in [6, 6.07) is 3.57. The molecule has 0 bridgehead atoms. The number of methoxy groups -OCH3 is 1. The molecule has 2 aromatic rings. The third-order valence-corrected chi connectivity index (χ3v) is 3.54. The van der Waals surface area contributed by atoms with E-state index in [1.165, 1.54) is 12.3 Å². The summed E-state index contributed by atoms with van der Waals surface area (Å²) in [5, 5.41) is 11.5. The molecule has 0 aliphatic rings. The van der Waals surface area contributed by atoms with Gasteiger partial charge in [-0.15, -0.1) is 13.2 Å². The monoisotopic (exact) mass is 346 g/mol. The quantitative estimate of drug-likeness (QED) is 0.510. The zero-order valence-electron chi connectivity index (χ0n) is 12.6. The summed E-state index contributed by atoms with van der Waals surface area (Å²) in [6.07, 6.45) is -3.82. The highest BCUT2D eigenvalue weighted by Crippen LogP contribution is 2.30. The van der Waals surface area contributed by atoms with E-state index in [0.29, 0.717) is 11.1 Å². The molecule has 1 atom stereocenters. The summed E-state index contributed by atoms with van der Waals surface area (Å²) in [5.41, 5.74) is -1.32. The van der Waals surface area contributed by atoms with E-state index >= 15 is 0 Å². The van der Waals surface area contributed by atoms with Gasteiger partial charge in [0.1, 0.15) is 5.75 Å². The van der Waals surface area contributed by atoms with Gasteiger partial charge in [-0.1, -0.05) is 0 Å². The summed E-state index contributed by atoms with van der Waals surface area (Å²) < 4.78 is 45.3. The van der Waals surface area contributed by atoms with Crippen LogP contribution in [0.3, 0.4) is 0 Å². The summed E-state index contributed by atoms with van der Waals surface area (Å²) in [5.74, 6) is -1.51. The van der Waals surface area contributed by atoms with E-state index in [1.54, 1.807) is 0 Å². The number of esters is 1. The molecule has 7 nitrogen and oxygen atoms in total. The maximum Gasteiger partial charge on any atom is 0.573 e. The van der Waals surface area contributed by atoms with Crippen LogP contribution in [0.15, 0.2) is 24.4 Å². The van der Waals surface area contributed by atoms with E-state index in [1.807, 2.05) is 0 Å². The van der Waals surface area contributed by atoms with Crippen molar-refractivity contribution in [3.63, 3.8) is 0 Å². The second-order valence-electron chi connectivity index (χ2n) is 5.27. The van der Waals surface area contributed by atoms with E-state index in [0.717, 1.165) is 26.2 Å². The van der Waals surface area contributed by atoms with Crippen molar-refractivity contribution < 1.29 is 32.4 Å². The van der Waals surface area contributed by atoms with Gasteiger partial charge in [-0.3, -0.25) is 10.1 Å². The summed E-state index contributed by atoms with van der Waals surface area (Å²) in [6.45, 7) is 1.09. The number of halogens is 3. The van der Waals surface area contributed by atoms with Gasteiger partial charge in [0.15, 0.2) is 0 Å². The van der Waals surface area contributed by atoms with Crippen LogP contribution in [0.2, 0.25) is 0 Å². The van der Waals surface area contributed by atoms with E-state index in [-0.39, 0.29) is 11.8 Å². The first-order valence-electron chi connectivity index (χ1n) is 6.65. The Morgan fingerprint density at radius 2 is 2.04 bits per heavy atom. The van der Waals surface area contributed by atoms with Crippen molar-refractivity contribution in [1.82, 2.24) is 4.98 Å². The van der Waals surface area contributed by atoms with Gasteiger partial charge in [-0.2, -0.15) is 0 Å². The van der Waals surface area contributed by atoms with Crippen molar-refractivity contribution in [3.8, 4) is 5.75 Å². The van der Waals surface area contributed by atoms with Gasteiger partial charge in [0.05, 0.1) is 13.5 Å². The van der Waals surface area contributed by atoms with Gasteiger partial charge in [-0.25, -0.2) is 4.79 Å². The number of carbonyl (C=O) groups is 1. The van der Waals surface area contributed by atoms with E-state index in [4.69, 9.17) is 0 Å². The number of rotatable bonds is 5. The zero-order valence-corrected chi connectivity index (χ0v) is 12.6. The first-order chi connectivity index (χ1) is 11.1. The molecule has 24 heavy (non-hydrogen) atoms. The van der Waals surface area contributed by atoms with Crippen molar-refractivity contribution in [2.45, 2.75) is 25.2 Å². The van der Waals surface area contributed by atoms with Crippen molar-refractivity contribution in [2.24, 2.45) is 0 Å². The number of aromatic nitrogens is 1. The van der Waals surface area contributed by atoms with Crippen LogP contribution in [-0.2, 0) is 16.0 Å². The Labute approximate surface area is 133 Å². The van der Waals surface area contributed by atoms with Crippen LogP contribution < -0.4 is 4.74 Å². The lowest BCUT2D eigenvalue weighted by Crippen LogP contribution is -2.46. The van der Waals surface area contributed by atoms with E-state index < -0.39 is 28.5 Å². The molecule has 1 aromatic carbocycles. The minimum atomic E-state index is -4.86. The maximum atomic E-state index is 12.3. The minimum absolute atomic E-state index is 0.286. The second-order valence-corrected chi connectivity index (χ2v) is 5.27. The predicted molar refractivity (Wildman–Crippen MR) is 76.1 cm³/mol. The molecular weight excluding hydrogens is 333 g/mol. The van der Waals surface area contributed by atoms with Crippen LogP contribution >= 0.6 is 0 Å². The SMILES string of the molecule is COC(=O)[C@](C)(Cc1c[nH]c2ccc(OC(F)(F)F)cc12)[N+](=O)[O-]. The molecule has 1 heterocycles. The van der Waals surface area contributed by atoms with Crippen molar-refractivity contribution in [3.05, 3.63) is 40.1 Å². The molecular formula is C14H13F3N2O5. The van der Waals surface area contributed by atoms with Gasteiger partial charge >= 0.3 is 17.9 Å². The number of ether oxygens (including phenoxy) is 2. The molecule has 0 aliphatic carbocycles. The zero-order chi connectivity index (χ0) is 18.1. The number of hydrogen-bond donors (Lipinski definition) is 1. The van der Waals surface area contributed by atoms with E-state index in [9.17, 15) is 28.1 Å². The van der Waals surface area contributed by atoms with Crippen LogP contribution in [0.1, 0.15) is 12.5 Å². The Balaban J connectivity index is 2.43. The summed E-state index contributed by atoms with van der Waals surface area (Å²) in [7, 11) is 1.02. The van der Waals surface area contributed by atoms with Crippen molar-refractivity contribution >= 4 is 16.9 Å². The number of nitrogens with one attached hydrogen (secondary N) is 1. The fraction of sp³-hybridized carbons (Fsp3) is 0.357. The third-order valence-electron chi connectivity index (χ3n) is 3.54. The molecule has 0 fully saturated rings. The van der Waals surface area contributed by atoms with Crippen molar-refractivity contribution in [1.29, 1.82) is 0 Å². The average Bonchev–Trinajstić information content (AvgIpc) is 2.86. The summed E-state index contributed by atoms with van der Waals surface area (Å²) in [4.78, 5) is 25.0. The number of fused-ring (bicyclic) bond motifs is 1. The highest BCUT2D eigenvalue weighted by molar-refractivity contribution is 5.86. The van der Waals surface area contributed by atoms with Crippen LogP contribution in [0.25, 0.3) is 10.9 Å². The molecule has 0 saturated carbocycles. The number of carbonyl (C=O) groups excluding carboxylic acids is 1. The molecule has 0 aliphatic heterocycles. The fourth-order valence-corrected chi connectivity index (χ4v) is 2.30. The molecule has 2 rings (SSSR count). The molecule has 130 valence electrons. The molecule has 0 spiro atoms. The normalized spacial score (nSPS) is 14.2. The smallest absolute Gasteiger partial charge is 0.464 e. The number of nitro groups is 1. The van der Waals surface area contributed by atoms with Crippen LogP contribution in [0, 0.1) is 10.1 Å². The largest absolute Gasteiger partial charge is 0.573 e. The third kappa shape index (κ3) is 3.42. The fourth-order valence-electron chi connectivity index (χ4n) is 2.30. The standard InChI is InChI=1S/C14H13F3N2O5/c1-13(19(21)22,12(20)23-2)6-8-7-18-11-4-3-9(5-10(8)11)24-14(15,16)17/h3-5,7,18H,6H2,1-2H3/t13-/m0/s1. The Morgan fingerprint density at radius 3 is 2.58 bits per heavy atom. The number of alkyl halides is 3. The maximum absolute atomic E-state index is 12.3. The first-order valence-corrected chi connectivity index (χ1v) is 6.65. The number of aromatic amines is 1. The molecule has 1 aromatic heterocycles. The lowest BCUT2D eigenvalue weighted by molar-refractivity contribution is -0.550. The van der Waals surface area contributed by atoms with Crippen LogP contribution in [0.5, 0.6) is 5.75 Å². The first kappa shape index (κ1) is 17.6. The molecule has 0 amide bonds. The van der Waals surface area contributed by atoms with Crippen molar-refractivity contribution in [2.75, 3.05) is 7.11 Å². The number of H-pyrrole nitrogens is 1. The predicted octanol–water partition coefficient (Wildman–Crippen LogP) is 2.82. The Bertz CT molecular complexity index is 786. The molecule has 0 radical (unpaired) electrons. The number of benzene rings is 1. The van der Waals surface area contributed by atoms with E-state index in [2.05, 4.69) is 14.5 Å². The lowest BCUT2D eigenvalue weighted by Gasteiger charge is -2.17. The minimum Gasteiger partial charge on any atom is -0.464 e. The molecule has 0 unspecified atom stereocenters. The van der Waals surface area contributed by atoms with Gasteiger partial charge in [0.2, 0.25) is 0 Å². The topological polar surface area (TPSA) is 94.5 Å². The van der Waals surface area contributed by atoms with Gasteiger partial charge in [-0.05, 0) is 23.8 Å². The Morgan fingerprint density at radius 1 is 1.38 bits per heavy atom. The average molecular weight is 346 g/mol. The molecule has 0 saturated heterocycles. The van der Waals surface area contributed by atoms with Crippen LogP contribution in [-0.4, -0.2) is 34.9 Å². The Hall–Kier alpha value is -2.78. The van der Waals surface area contributed by atoms with Gasteiger partial charge in [0, 0.05) is 28.9 Å².